The third kappa shape index (κ3) is 5.48. The highest BCUT2D eigenvalue weighted by Crippen LogP contribution is 2.34. The van der Waals surface area contributed by atoms with Crippen LogP contribution in [0.5, 0.6) is 0 Å². The molecule has 2 aromatic heterocycles. The van der Waals surface area contributed by atoms with Gasteiger partial charge in [0.25, 0.3) is 5.22 Å². The van der Waals surface area contributed by atoms with E-state index < -0.39 is 5.97 Å². The van der Waals surface area contributed by atoms with Crippen LogP contribution in [0.25, 0.3) is 0 Å². The number of aryl methyl sites for hydroxylation is 1. The van der Waals surface area contributed by atoms with Crippen LogP contribution in [0.4, 0.5) is 5.00 Å². The number of ether oxygens (including phenoxy) is 1. The van der Waals surface area contributed by atoms with E-state index in [1.807, 2.05) is 44.2 Å². The number of hydrogen-bond donors (Lipinski definition) is 1. The van der Waals surface area contributed by atoms with Crippen molar-refractivity contribution in [2.75, 3.05) is 17.7 Å². The van der Waals surface area contributed by atoms with Gasteiger partial charge in [-0.2, -0.15) is 0 Å². The summed E-state index contributed by atoms with van der Waals surface area (Å²) in [5, 5.41) is 11.7. The molecule has 1 aromatic carbocycles. The topological polar surface area (TPSA) is 94.3 Å². The fourth-order valence-corrected chi connectivity index (χ4v) is 4.59. The van der Waals surface area contributed by atoms with Crippen molar-refractivity contribution in [2.24, 2.45) is 0 Å². The summed E-state index contributed by atoms with van der Waals surface area (Å²) in [7, 11) is 0. The van der Waals surface area contributed by atoms with Gasteiger partial charge in [-0.25, -0.2) is 4.79 Å². The number of anilines is 1. The van der Waals surface area contributed by atoms with E-state index in [0.29, 0.717) is 28.1 Å². The number of nitrogens with one attached hydrogen (secondary N) is 1. The summed E-state index contributed by atoms with van der Waals surface area (Å²) in [5.41, 5.74) is 2.35. The van der Waals surface area contributed by atoms with Gasteiger partial charge in [-0.15, -0.1) is 21.5 Å². The van der Waals surface area contributed by atoms with Crippen molar-refractivity contribution in [3.05, 3.63) is 57.8 Å². The van der Waals surface area contributed by atoms with Crippen molar-refractivity contribution < 1.29 is 18.7 Å². The Kier molecular flexibility index (Phi) is 7.64. The Hall–Kier alpha value is -2.65. The first kappa shape index (κ1) is 22.0. The minimum absolute atomic E-state index is 0.0909. The monoisotopic (exact) mass is 445 g/mol. The number of benzene rings is 1. The standard InChI is InChI=1S/C21H23N3O4S2/c1-4-15-13(3)18(20(26)27-5-2)19(30-15)22-16(25)12-29-21-24-23-17(28-21)11-14-9-7-6-8-10-14/h6-10H,4-5,11-12H2,1-3H3,(H,22,25). The van der Waals surface area contributed by atoms with E-state index in [1.165, 1.54) is 11.3 Å². The predicted octanol–water partition coefficient (Wildman–Crippen LogP) is 4.50. The fourth-order valence-electron chi connectivity index (χ4n) is 2.86. The van der Waals surface area contributed by atoms with Crippen molar-refractivity contribution in [1.29, 1.82) is 0 Å². The largest absolute Gasteiger partial charge is 0.462 e. The van der Waals surface area contributed by atoms with Crippen molar-refractivity contribution in [3.8, 4) is 0 Å². The number of nitrogens with zero attached hydrogens (tertiary/aromatic N) is 2. The first-order valence-electron chi connectivity index (χ1n) is 9.60. The lowest BCUT2D eigenvalue weighted by Gasteiger charge is -2.06. The fraction of sp³-hybridized carbons (Fsp3) is 0.333. The van der Waals surface area contributed by atoms with Gasteiger partial charge in [-0.1, -0.05) is 49.0 Å². The zero-order valence-corrected chi connectivity index (χ0v) is 18.7. The number of thiophene rings is 1. The quantitative estimate of drug-likeness (QED) is 0.383. The molecule has 0 aliphatic carbocycles. The Morgan fingerprint density at radius 3 is 2.67 bits per heavy atom. The molecule has 0 saturated carbocycles. The summed E-state index contributed by atoms with van der Waals surface area (Å²) >= 11 is 2.56. The van der Waals surface area contributed by atoms with Crippen molar-refractivity contribution in [2.45, 2.75) is 38.8 Å². The average Bonchev–Trinajstić information content (AvgIpc) is 3.31. The third-order valence-electron chi connectivity index (χ3n) is 4.27. The number of carbonyl (C=O) groups excluding carboxylic acids is 2. The molecule has 1 amide bonds. The van der Waals surface area contributed by atoms with Gasteiger partial charge >= 0.3 is 5.97 Å². The molecule has 0 saturated heterocycles. The van der Waals surface area contributed by atoms with Crippen LogP contribution in [0, 0.1) is 6.92 Å². The molecule has 9 heteroatoms. The van der Waals surface area contributed by atoms with Gasteiger partial charge < -0.3 is 14.5 Å². The molecule has 0 spiro atoms. The molecule has 0 aliphatic heterocycles. The maximum absolute atomic E-state index is 12.5. The van der Waals surface area contributed by atoms with E-state index in [1.54, 1.807) is 6.92 Å². The first-order valence-corrected chi connectivity index (χ1v) is 11.4. The van der Waals surface area contributed by atoms with E-state index in [0.717, 1.165) is 34.2 Å². The van der Waals surface area contributed by atoms with Gasteiger partial charge in [0.1, 0.15) is 5.00 Å². The lowest BCUT2D eigenvalue weighted by atomic mass is 10.1. The Balaban J connectivity index is 1.61. The Bertz CT molecular complexity index is 1010. The minimum Gasteiger partial charge on any atom is -0.462 e. The second-order valence-electron chi connectivity index (χ2n) is 6.39. The SMILES string of the molecule is CCOC(=O)c1c(NC(=O)CSc2nnc(Cc3ccccc3)o2)sc(CC)c1C. The summed E-state index contributed by atoms with van der Waals surface area (Å²) in [6.45, 7) is 5.92. The molecule has 3 aromatic rings. The molecular formula is C21H23N3O4S2. The van der Waals surface area contributed by atoms with Crippen LogP contribution in [-0.4, -0.2) is 34.4 Å². The van der Waals surface area contributed by atoms with Crippen LogP contribution in [0.3, 0.4) is 0 Å². The molecule has 7 nitrogen and oxygen atoms in total. The molecule has 0 bridgehead atoms. The number of amides is 1. The first-order chi connectivity index (χ1) is 14.5. The highest BCUT2D eigenvalue weighted by atomic mass is 32.2. The van der Waals surface area contributed by atoms with Crippen molar-refractivity contribution in [3.63, 3.8) is 0 Å². The molecule has 0 radical (unpaired) electrons. The van der Waals surface area contributed by atoms with E-state index in [9.17, 15) is 9.59 Å². The molecular weight excluding hydrogens is 422 g/mol. The molecule has 1 N–H and O–H groups in total. The van der Waals surface area contributed by atoms with Crippen molar-refractivity contribution in [1.82, 2.24) is 10.2 Å². The summed E-state index contributed by atoms with van der Waals surface area (Å²) in [6, 6.07) is 9.82. The Labute approximate surface area is 183 Å². The van der Waals surface area contributed by atoms with Gasteiger partial charge in [-0.3, -0.25) is 4.79 Å². The second-order valence-corrected chi connectivity index (χ2v) is 8.42. The molecule has 2 heterocycles. The number of thioether (sulfide) groups is 1. The number of hydrogen-bond acceptors (Lipinski definition) is 8. The summed E-state index contributed by atoms with van der Waals surface area (Å²) < 4.78 is 10.8. The van der Waals surface area contributed by atoms with Crippen molar-refractivity contribution >= 4 is 40.0 Å². The van der Waals surface area contributed by atoms with Gasteiger partial charge in [0, 0.05) is 4.88 Å². The van der Waals surface area contributed by atoms with Crippen LogP contribution < -0.4 is 5.32 Å². The van der Waals surface area contributed by atoms with Crippen LogP contribution in [0.15, 0.2) is 40.0 Å². The maximum Gasteiger partial charge on any atom is 0.341 e. The number of carbonyl (C=O) groups is 2. The molecule has 30 heavy (non-hydrogen) atoms. The molecule has 0 fully saturated rings. The Morgan fingerprint density at radius 1 is 1.20 bits per heavy atom. The van der Waals surface area contributed by atoms with E-state index >= 15 is 0 Å². The lowest BCUT2D eigenvalue weighted by Crippen LogP contribution is -2.16. The zero-order chi connectivity index (χ0) is 21.5. The van der Waals surface area contributed by atoms with E-state index in [4.69, 9.17) is 9.15 Å². The number of esters is 1. The van der Waals surface area contributed by atoms with Crippen LogP contribution in [-0.2, 0) is 22.4 Å². The third-order valence-corrected chi connectivity index (χ3v) is 6.44. The zero-order valence-electron chi connectivity index (χ0n) is 17.1. The van der Waals surface area contributed by atoms with E-state index in [-0.39, 0.29) is 18.3 Å². The molecule has 3 rings (SSSR count). The molecule has 0 atom stereocenters. The van der Waals surface area contributed by atoms with Gasteiger partial charge in [0.15, 0.2) is 0 Å². The molecule has 158 valence electrons. The van der Waals surface area contributed by atoms with Gasteiger partial charge in [0.2, 0.25) is 11.8 Å². The number of rotatable bonds is 9. The minimum atomic E-state index is -0.420. The normalized spacial score (nSPS) is 10.8. The Morgan fingerprint density at radius 2 is 1.97 bits per heavy atom. The predicted molar refractivity (Wildman–Crippen MR) is 117 cm³/mol. The average molecular weight is 446 g/mol. The summed E-state index contributed by atoms with van der Waals surface area (Å²) in [6.07, 6.45) is 1.32. The second kappa shape index (κ2) is 10.4. The molecule has 0 unspecified atom stereocenters. The smallest absolute Gasteiger partial charge is 0.341 e. The van der Waals surface area contributed by atoms with Gasteiger partial charge in [-0.05, 0) is 31.4 Å². The number of aromatic nitrogens is 2. The van der Waals surface area contributed by atoms with E-state index in [2.05, 4.69) is 15.5 Å². The van der Waals surface area contributed by atoms with Crippen LogP contribution >= 0.6 is 23.1 Å². The summed E-state index contributed by atoms with van der Waals surface area (Å²) in [5.74, 6) is -0.0861. The van der Waals surface area contributed by atoms with Gasteiger partial charge in [0.05, 0.1) is 24.3 Å². The highest BCUT2D eigenvalue weighted by Gasteiger charge is 2.23. The summed E-state index contributed by atoms with van der Waals surface area (Å²) in [4.78, 5) is 25.8. The van der Waals surface area contributed by atoms with Crippen LogP contribution in [0.1, 0.15) is 46.1 Å². The lowest BCUT2D eigenvalue weighted by molar-refractivity contribution is -0.113. The highest BCUT2D eigenvalue weighted by molar-refractivity contribution is 7.99. The van der Waals surface area contributed by atoms with Crippen LogP contribution in [0.2, 0.25) is 0 Å². The molecule has 0 aliphatic rings. The maximum atomic E-state index is 12.5.